The molecule has 2 rings (SSSR count). The fourth-order valence-corrected chi connectivity index (χ4v) is 2.21. The highest BCUT2D eigenvalue weighted by Gasteiger charge is 2.14. The van der Waals surface area contributed by atoms with Crippen molar-refractivity contribution in [2.45, 2.75) is 33.7 Å². The zero-order chi connectivity index (χ0) is 15.4. The number of amides is 1. The van der Waals surface area contributed by atoms with Gasteiger partial charge in [-0.2, -0.15) is 0 Å². The van der Waals surface area contributed by atoms with Crippen molar-refractivity contribution in [1.82, 2.24) is 15.0 Å². The van der Waals surface area contributed by atoms with Gasteiger partial charge in [-0.15, -0.1) is 5.10 Å². The summed E-state index contributed by atoms with van der Waals surface area (Å²) in [7, 11) is 0. The summed E-state index contributed by atoms with van der Waals surface area (Å²) in [5, 5.41) is 11.1. The molecule has 1 aromatic carbocycles. The summed E-state index contributed by atoms with van der Waals surface area (Å²) in [5.41, 5.74) is 9.18. The number of carbonyl (C=O) groups is 1. The Kier molecular flexibility index (Phi) is 4.70. The van der Waals surface area contributed by atoms with Gasteiger partial charge >= 0.3 is 0 Å². The van der Waals surface area contributed by atoms with E-state index in [1.165, 1.54) is 6.92 Å². The maximum atomic E-state index is 11.2. The Hall–Kier alpha value is -2.21. The van der Waals surface area contributed by atoms with E-state index in [9.17, 15) is 4.79 Å². The topological polar surface area (TPSA) is 85.8 Å². The maximum Gasteiger partial charge on any atom is 0.221 e. The SMILES string of the molecule is CC(=O)Nc1cccc(-n2nnc(CN)c2CC(C)C)c1. The fourth-order valence-electron chi connectivity index (χ4n) is 2.21. The lowest BCUT2D eigenvalue weighted by atomic mass is 10.1. The highest BCUT2D eigenvalue weighted by atomic mass is 16.1. The Morgan fingerprint density at radius 2 is 2.19 bits per heavy atom. The molecule has 3 N–H and O–H groups in total. The Morgan fingerprint density at radius 1 is 1.43 bits per heavy atom. The normalized spacial score (nSPS) is 10.9. The molecule has 0 unspecified atom stereocenters. The van der Waals surface area contributed by atoms with Gasteiger partial charge in [-0.05, 0) is 30.5 Å². The summed E-state index contributed by atoms with van der Waals surface area (Å²) in [5.74, 6) is 0.377. The first-order valence-electron chi connectivity index (χ1n) is 7.02. The molecule has 6 nitrogen and oxygen atoms in total. The average Bonchev–Trinajstić information content (AvgIpc) is 2.80. The molecule has 1 amide bonds. The second-order valence-electron chi connectivity index (χ2n) is 5.43. The molecule has 0 spiro atoms. The molecule has 2 aromatic rings. The molecular weight excluding hydrogens is 266 g/mol. The molecule has 0 aliphatic heterocycles. The standard InChI is InChI=1S/C15H21N5O/c1-10(2)7-15-14(9-16)18-19-20(15)13-6-4-5-12(8-13)17-11(3)21/h4-6,8,10H,7,9,16H2,1-3H3,(H,17,21). The van der Waals surface area contributed by atoms with Crippen molar-refractivity contribution in [1.29, 1.82) is 0 Å². The molecule has 0 atom stereocenters. The van der Waals surface area contributed by atoms with Crippen molar-refractivity contribution in [2.24, 2.45) is 11.7 Å². The number of carbonyl (C=O) groups excluding carboxylic acids is 1. The lowest BCUT2D eigenvalue weighted by molar-refractivity contribution is -0.114. The van der Waals surface area contributed by atoms with Gasteiger partial charge in [-0.25, -0.2) is 4.68 Å². The van der Waals surface area contributed by atoms with Gasteiger partial charge in [0.05, 0.1) is 17.1 Å². The van der Waals surface area contributed by atoms with E-state index in [4.69, 9.17) is 5.73 Å². The second-order valence-corrected chi connectivity index (χ2v) is 5.43. The summed E-state index contributed by atoms with van der Waals surface area (Å²) in [6, 6.07) is 7.53. The zero-order valence-electron chi connectivity index (χ0n) is 12.6. The van der Waals surface area contributed by atoms with Crippen molar-refractivity contribution in [3.8, 4) is 5.69 Å². The van der Waals surface area contributed by atoms with Gasteiger partial charge in [0, 0.05) is 19.2 Å². The van der Waals surface area contributed by atoms with E-state index in [2.05, 4.69) is 29.5 Å². The van der Waals surface area contributed by atoms with Crippen LogP contribution in [-0.4, -0.2) is 20.9 Å². The van der Waals surface area contributed by atoms with E-state index < -0.39 is 0 Å². The molecule has 0 aliphatic carbocycles. The molecule has 1 aromatic heterocycles. The second kappa shape index (κ2) is 6.49. The van der Waals surface area contributed by atoms with Gasteiger partial charge in [-0.3, -0.25) is 4.79 Å². The molecule has 0 bridgehead atoms. The molecule has 0 fully saturated rings. The van der Waals surface area contributed by atoms with Crippen molar-refractivity contribution in [3.63, 3.8) is 0 Å². The van der Waals surface area contributed by atoms with Gasteiger partial charge in [-0.1, -0.05) is 25.1 Å². The minimum Gasteiger partial charge on any atom is -0.326 e. The van der Waals surface area contributed by atoms with Crippen LogP contribution in [0, 0.1) is 5.92 Å². The summed E-state index contributed by atoms with van der Waals surface area (Å²) >= 11 is 0. The Labute approximate surface area is 124 Å². The quantitative estimate of drug-likeness (QED) is 0.879. The van der Waals surface area contributed by atoms with Crippen LogP contribution in [-0.2, 0) is 17.8 Å². The van der Waals surface area contributed by atoms with Crippen molar-refractivity contribution in [2.75, 3.05) is 5.32 Å². The molecule has 1 heterocycles. The van der Waals surface area contributed by atoms with Crippen LogP contribution >= 0.6 is 0 Å². The number of anilines is 1. The van der Waals surface area contributed by atoms with Crippen LogP contribution in [0.1, 0.15) is 32.2 Å². The van der Waals surface area contributed by atoms with Crippen LogP contribution in [0.15, 0.2) is 24.3 Å². The van der Waals surface area contributed by atoms with E-state index in [0.717, 1.165) is 29.2 Å². The minimum absolute atomic E-state index is 0.101. The average molecular weight is 287 g/mol. The fraction of sp³-hybridized carbons (Fsp3) is 0.400. The number of nitrogens with two attached hydrogens (primary N) is 1. The third kappa shape index (κ3) is 3.66. The molecular formula is C15H21N5O. The van der Waals surface area contributed by atoms with Crippen molar-refractivity contribution < 1.29 is 4.79 Å². The monoisotopic (exact) mass is 287 g/mol. The van der Waals surface area contributed by atoms with E-state index in [0.29, 0.717) is 12.5 Å². The van der Waals surface area contributed by atoms with E-state index >= 15 is 0 Å². The highest BCUT2D eigenvalue weighted by molar-refractivity contribution is 5.88. The smallest absolute Gasteiger partial charge is 0.221 e. The number of hydrogen-bond donors (Lipinski definition) is 2. The predicted octanol–water partition coefficient (Wildman–Crippen LogP) is 1.88. The first-order chi connectivity index (χ1) is 10.0. The Bertz CT molecular complexity index is 633. The van der Waals surface area contributed by atoms with E-state index in [1.54, 1.807) is 4.68 Å². The van der Waals surface area contributed by atoms with Gasteiger partial charge in [0.15, 0.2) is 0 Å². The van der Waals surface area contributed by atoms with Gasteiger partial charge in [0.2, 0.25) is 5.91 Å². The molecule has 0 radical (unpaired) electrons. The van der Waals surface area contributed by atoms with Gasteiger partial charge in [0.25, 0.3) is 0 Å². The molecule has 0 saturated carbocycles. The third-order valence-corrected chi connectivity index (χ3v) is 3.05. The summed E-state index contributed by atoms with van der Waals surface area (Å²) in [6.45, 7) is 6.14. The number of rotatable bonds is 5. The molecule has 0 saturated heterocycles. The maximum absolute atomic E-state index is 11.2. The van der Waals surface area contributed by atoms with Crippen LogP contribution in [0.5, 0.6) is 0 Å². The third-order valence-electron chi connectivity index (χ3n) is 3.05. The van der Waals surface area contributed by atoms with Crippen LogP contribution in [0.3, 0.4) is 0 Å². The number of nitrogens with zero attached hydrogens (tertiary/aromatic N) is 3. The lowest BCUT2D eigenvalue weighted by Crippen LogP contribution is -2.10. The summed E-state index contributed by atoms with van der Waals surface area (Å²) in [6.07, 6.45) is 0.851. The first-order valence-corrected chi connectivity index (χ1v) is 7.02. The van der Waals surface area contributed by atoms with Crippen LogP contribution in [0.4, 0.5) is 5.69 Å². The molecule has 21 heavy (non-hydrogen) atoms. The number of nitrogens with one attached hydrogen (secondary N) is 1. The van der Waals surface area contributed by atoms with E-state index in [1.807, 2.05) is 24.3 Å². The molecule has 112 valence electrons. The van der Waals surface area contributed by atoms with Crippen LogP contribution in [0.25, 0.3) is 5.69 Å². The number of hydrogen-bond acceptors (Lipinski definition) is 4. The Balaban J connectivity index is 2.41. The molecule has 6 heteroatoms. The van der Waals surface area contributed by atoms with E-state index in [-0.39, 0.29) is 5.91 Å². The summed E-state index contributed by atoms with van der Waals surface area (Å²) < 4.78 is 1.80. The van der Waals surface area contributed by atoms with Crippen molar-refractivity contribution >= 4 is 11.6 Å². The summed E-state index contributed by atoms with van der Waals surface area (Å²) in [4.78, 5) is 11.2. The number of aromatic nitrogens is 3. The van der Waals surface area contributed by atoms with Crippen LogP contribution < -0.4 is 11.1 Å². The molecule has 0 aliphatic rings. The highest BCUT2D eigenvalue weighted by Crippen LogP contribution is 2.19. The first kappa shape index (κ1) is 15.2. The predicted molar refractivity (Wildman–Crippen MR) is 82.1 cm³/mol. The zero-order valence-corrected chi connectivity index (χ0v) is 12.6. The van der Waals surface area contributed by atoms with Crippen LogP contribution in [0.2, 0.25) is 0 Å². The lowest BCUT2D eigenvalue weighted by Gasteiger charge is -2.11. The Morgan fingerprint density at radius 3 is 2.81 bits per heavy atom. The minimum atomic E-state index is -0.101. The van der Waals surface area contributed by atoms with Gasteiger partial charge in [0.1, 0.15) is 0 Å². The largest absolute Gasteiger partial charge is 0.326 e. The van der Waals surface area contributed by atoms with Gasteiger partial charge < -0.3 is 11.1 Å². The van der Waals surface area contributed by atoms with Crippen molar-refractivity contribution in [3.05, 3.63) is 35.7 Å². The number of benzene rings is 1.